The Hall–Kier alpha value is -1.63. The van der Waals surface area contributed by atoms with Gasteiger partial charge in [0, 0.05) is 51.9 Å². The minimum Gasteiger partial charge on any atom is -0.482 e. The lowest BCUT2D eigenvalue weighted by Crippen LogP contribution is -2.49. The first-order chi connectivity index (χ1) is 11.6. The number of ether oxygens (including phenoxy) is 1. The second-order valence-electron chi connectivity index (χ2n) is 6.84. The van der Waals surface area contributed by atoms with Crippen LogP contribution < -0.4 is 4.74 Å². The number of carbonyl (C=O) groups is 1. The Morgan fingerprint density at radius 2 is 1.88 bits per heavy atom. The van der Waals surface area contributed by atoms with Gasteiger partial charge >= 0.3 is 5.97 Å². The van der Waals surface area contributed by atoms with Crippen LogP contribution in [0.15, 0.2) is 24.3 Å². The third-order valence-corrected chi connectivity index (χ3v) is 4.99. The number of rotatable bonds is 6. The van der Waals surface area contributed by atoms with Crippen molar-refractivity contribution in [2.24, 2.45) is 0 Å². The molecule has 0 amide bonds. The molecule has 0 radical (unpaired) electrons. The minimum atomic E-state index is -0.953. The van der Waals surface area contributed by atoms with Gasteiger partial charge in [-0.2, -0.15) is 0 Å². The summed E-state index contributed by atoms with van der Waals surface area (Å²) in [7, 11) is 2.20. The molecule has 0 aromatic heterocycles. The number of piperazine rings is 1. The van der Waals surface area contributed by atoms with Gasteiger partial charge in [-0.15, -0.1) is 0 Å². The van der Waals surface area contributed by atoms with E-state index in [1.165, 1.54) is 38.2 Å². The predicted molar refractivity (Wildman–Crippen MR) is 92.3 cm³/mol. The van der Waals surface area contributed by atoms with Crippen molar-refractivity contribution in [3.63, 3.8) is 0 Å². The van der Waals surface area contributed by atoms with Crippen molar-refractivity contribution in [3.8, 4) is 5.75 Å². The van der Waals surface area contributed by atoms with E-state index in [9.17, 15) is 4.79 Å². The van der Waals surface area contributed by atoms with E-state index in [0.717, 1.165) is 19.6 Å². The molecule has 6 heteroatoms. The van der Waals surface area contributed by atoms with E-state index in [4.69, 9.17) is 9.84 Å². The second-order valence-corrected chi connectivity index (χ2v) is 6.84. The van der Waals surface area contributed by atoms with Crippen LogP contribution in [0.25, 0.3) is 0 Å². The van der Waals surface area contributed by atoms with Crippen LogP contribution in [0.2, 0.25) is 0 Å². The van der Waals surface area contributed by atoms with Crippen LogP contribution in [-0.2, 0) is 11.3 Å². The van der Waals surface area contributed by atoms with Crippen LogP contribution in [0, 0.1) is 0 Å². The monoisotopic (exact) mass is 333 g/mol. The highest BCUT2D eigenvalue weighted by Gasteiger charge is 2.29. The molecule has 6 nitrogen and oxygen atoms in total. The van der Waals surface area contributed by atoms with E-state index in [2.05, 4.69) is 21.7 Å². The molecule has 0 saturated carbocycles. The number of likely N-dealkylation sites (N-methyl/N-ethyl adjacent to an activating group) is 1. The molecule has 2 fully saturated rings. The Labute approximate surface area is 143 Å². The Morgan fingerprint density at radius 1 is 1.17 bits per heavy atom. The highest BCUT2D eigenvalue weighted by Crippen LogP contribution is 2.20. The molecule has 1 aromatic rings. The van der Waals surface area contributed by atoms with E-state index in [0.29, 0.717) is 11.8 Å². The predicted octanol–water partition coefficient (Wildman–Crippen LogP) is 0.972. The molecule has 0 aliphatic carbocycles. The first-order valence-corrected chi connectivity index (χ1v) is 8.68. The quantitative estimate of drug-likeness (QED) is 0.837. The Morgan fingerprint density at radius 3 is 2.54 bits per heavy atom. The van der Waals surface area contributed by atoms with Crippen LogP contribution in [0.1, 0.15) is 12.0 Å². The van der Waals surface area contributed by atoms with Crippen molar-refractivity contribution in [2.75, 3.05) is 52.9 Å². The second kappa shape index (κ2) is 7.96. The van der Waals surface area contributed by atoms with Crippen molar-refractivity contribution in [2.45, 2.75) is 19.0 Å². The van der Waals surface area contributed by atoms with Crippen molar-refractivity contribution in [1.29, 1.82) is 0 Å². The number of carboxylic acid groups (broad SMARTS) is 1. The number of hydrogen-bond acceptors (Lipinski definition) is 5. The topological polar surface area (TPSA) is 56.2 Å². The smallest absolute Gasteiger partial charge is 0.341 e. The van der Waals surface area contributed by atoms with Gasteiger partial charge < -0.3 is 14.7 Å². The number of nitrogens with zero attached hydrogens (tertiary/aromatic N) is 3. The van der Waals surface area contributed by atoms with Gasteiger partial charge in [0.1, 0.15) is 5.75 Å². The van der Waals surface area contributed by atoms with Crippen LogP contribution >= 0.6 is 0 Å². The Bertz CT molecular complexity index is 541. The van der Waals surface area contributed by atoms with Gasteiger partial charge in [-0.05, 0) is 31.2 Å². The molecule has 24 heavy (non-hydrogen) atoms. The fraction of sp³-hybridized carbons (Fsp3) is 0.611. The number of carboxylic acids is 1. The zero-order valence-corrected chi connectivity index (χ0v) is 14.4. The first kappa shape index (κ1) is 17.2. The number of likely N-dealkylation sites (tertiary alicyclic amines) is 1. The molecule has 1 unspecified atom stereocenters. The van der Waals surface area contributed by atoms with E-state index in [-0.39, 0.29) is 6.61 Å². The number of aliphatic carboxylic acids is 1. The SMILES string of the molecule is CN1CCN(C2CCN(Cc3ccc(OCC(=O)O)cc3)C2)CC1. The van der Waals surface area contributed by atoms with Crippen LogP contribution in [0.5, 0.6) is 5.75 Å². The molecular weight excluding hydrogens is 306 g/mol. The summed E-state index contributed by atoms with van der Waals surface area (Å²) in [5.74, 6) is -0.344. The van der Waals surface area contributed by atoms with Gasteiger partial charge in [0.05, 0.1) is 0 Å². The lowest BCUT2D eigenvalue weighted by atomic mass is 10.2. The number of benzene rings is 1. The molecular formula is C18H27N3O3. The molecule has 2 saturated heterocycles. The van der Waals surface area contributed by atoms with Crippen molar-refractivity contribution in [3.05, 3.63) is 29.8 Å². The molecule has 1 N–H and O–H groups in total. The number of hydrogen-bond donors (Lipinski definition) is 1. The fourth-order valence-corrected chi connectivity index (χ4v) is 3.54. The van der Waals surface area contributed by atoms with Crippen molar-refractivity contribution >= 4 is 5.97 Å². The van der Waals surface area contributed by atoms with Crippen LogP contribution in [-0.4, -0.2) is 84.7 Å². The zero-order chi connectivity index (χ0) is 16.9. The lowest BCUT2D eigenvalue weighted by Gasteiger charge is -2.36. The third-order valence-electron chi connectivity index (χ3n) is 4.99. The first-order valence-electron chi connectivity index (χ1n) is 8.68. The van der Waals surface area contributed by atoms with Gasteiger partial charge in [0.15, 0.2) is 6.61 Å². The largest absolute Gasteiger partial charge is 0.482 e. The summed E-state index contributed by atoms with van der Waals surface area (Å²) in [6, 6.07) is 8.45. The summed E-state index contributed by atoms with van der Waals surface area (Å²) in [5.41, 5.74) is 1.25. The summed E-state index contributed by atoms with van der Waals surface area (Å²) in [6.45, 7) is 7.66. The standard InChI is InChI=1S/C18H27N3O3/c1-19-8-10-21(11-9-19)16-6-7-20(13-16)12-15-2-4-17(5-3-15)24-14-18(22)23/h2-5,16H,6-14H2,1H3,(H,22,23). The van der Waals surface area contributed by atoms with Crippen LogP contribution in [0.4, 0.5) is 0 Å². The summed E-state index contributed by atoms with van der Waals surface area (Å²) >= 11 is 0. The highest BCUT2D eigenvalue weighted by atomic mass is 16.5. The summed E-state index contributed by atoms with van der Waals surface area (Å²) < 4.78 is 5.17. The third kappa shape index (κ3) is 4.69. The summed E-state index contributed by atoms with van der Waals surface area (Å²) in [4.78, 5) is 18.1. The van der Waals surface area contributed by atoms with E-state index in [1.807, 2.05) is 24.3 Å². The average molecular weight is 333 g/mol. The fourth-order valence-electron chi connectivity index (χ4n) is 3.54. The van der Waals surface area contributed by atoms with E-state index in [1.54, 1.807) is 0 Å². The Kier molecular flexibility index (Phi) is 5.71. The molecule has 132 valence electrons. The van der Waals surface area contributed by atoms with Crippen LogP contribution in [0.3, 0.4) is 0 Å². The van der Waals surface area contributed by atoms with Gasteiger partial charge in [0.2, 0.25) is 0 Å². The maximum Gasteiger partial charge on any atom is 0.341 e. The van der Waals surface area contributed by atoms with E-state index < -0.39 is 5.97 Å². The average Bonchev–Trinajstić information content (AvgIpc) is 3.03. The summed E-state index contributed by atoms with van der Waals surface area (Å²) in [6.07, 6.45) is 1.25. The van der Waals surface area contributed by atoms with Crippen molar-refractivity contribution in [1.82, 2.24) is 14.7 Å². The van der Waals surface area contributed by atoms with Gasteiger partial charge in [0.25, 0.3) is 0 Å². The maximum atomic E-state index is 10.5. The van der Waals surface area contributed by atoms with E-state index >= 15 is 0 Å². The molecule has 0 bridgehead atoms. The van der Waals surface area contributed by atoms with Crippen molar-refractivity contribution < 1.29 is 14.6 Å². The molecule has 1 atom stereocenters. The normalized spacial score (nSPS) is 23.5. The maximum absolute atomic E-state index is 10.5. The molecule has 3 rings (SSSR count). The van der Waals surface area contributed by atoms with Gasteiger partial charge in [-0.1, -0.05) is 12.1 Å². The minimum absolute atomic E-state index is 0.293. The van der Waals surface area contributed by atoms with Gasteiger partial charge in [-0.25, -0.2) is 4.79 Å². The van der Waals surface area contributed by atoms with Gasteiger partial charge in [-0.3, -0.25) is 9.80 Å². The molecule has 1 aromatic carbocycles. The highest BCUT2D eigenvalue weighted by molar-refractivity contribution is 5.68. The summed E-state index contributed by atoms with van der Waals surface area (Å²) in [5, 5.41) is 8.63. The molecule has 2 heterocycles. The zero-order valence-electron chi connectivity index (χ0n) is 14.4. The Balaban J connectivity index is 1.46. The molecule has 2 aliphatic rings. The molecule has 2 aliphatic heterocycles. The molecule has 0 spiro atoms. The lowest BCUT2D eigenvalue weighted by molar-refractivity contribution is -0.139.